The van der Waals surface area contributed by atoms with Gasteiger partial charge in [0.2, 0.25) is 0 Å². The van der Waals surface area contributed by atoms with Gasteiger partial charge in [-0.3, -0.25) is 0 Å². The molecule has 4 aromatic carbocycles. The second-order valence-corrected chi connectivity index (χ2v) is 16.0. The van der Waals surface area contributed by atoms with Crippen LogP contribution in [0.25, 0.3) is 21.5 Å². The van der Waals surface area contributed by atoms with Gasteiger partial charge >= 0.3 is 37.9 Å². The molecule has 38 heavy (non-hydrogen) atoms. The Morgan fingerprint density at radius 1 is 0.684 bits per heavy atom. The van der Waals surface area contributed by atoms with Crippen LogP contribution in [0.2, 0.25) is 13.1 Å². The molecule has 2 radical (unpaired) electrons. The van der Waals surface area contributed by atoms with Crippen LogP contribution in [0.3, 0.4) is 0 Å². The number of rotatable bonds is 0. The fraction of sp³-hybridized carbons (Fsp3) is 0.353. The number of aryl methyl sites for hydroxylation is 2. The molecule has 198 valence electrons. The Hall–Kier alpha value is -1.54. The molecule has 0 saturated heterocycles. The molecule has 0 bridgehead atoms. The SMILES string of the molecule is C[Si]C.Cc1cc2c(C#CC(C)(C)C)cccc2[cH-]1.Cc1cc2c(C#CC(C)(C)C)cccc2[cH-]1.[Cl][Zr+2][Cl]. The number of hydrogen-bond donors (Lipinski definition) is 0. The minimum absolute atomic E-state index is 0.0593. The molecule has 0 saturated carbocycles. The maximum absolute atomic E-state index is 4.93. The molecule has 0 aliphatic heterocycles. The van der Waals surface area contributed by atoms with Crippen LogP contribution in [0.5, 0.6) is 0 Å². The molecule has 0 aliphatic rings. The first-order valence-electron chi connectivity index (χ1n) is 12.7. The first-order valence-corrected chi connectivity index (χ1v) is 21.0. The van der Waals surface area contributed by atoms with Gasteiger partial charge in [0.25, 0.3) is 0 Å². The Kier molecular flexibility index (Phi) is 15.0. The standard InChI is InChI=1S/2C16H17.C2H6Si.2ClH.Zr/c2*1-12-10-14-7-5-6-13(15(14)11-12)8-9-16(2,3)4;1-3-2;;;/h2*5-7,10-11H,1-4H3;1-2H3;2*1H;/q2*-1;;;;+4/p-2. The molecule has 0 aromatic heterocycles. The predicted octanol–water partition coefficient (Wildman–Crippen LogP) is 10.7. The summed E-state index contributed by atoms with van der Waals surface area (Å²) in [6, 6.07) is 21.5. The fourth-order valence-electron chi connectivity index (χ4n) is 3.50. The predicted molar refractivity (Wildman–Crippen MR) is 170 cm³/mol. The van der Waals surface area contributed by atoms with Gasteiger partial charge in [-0.05, 0) is 52.7 Å². The molecule has 0 fully saturated rings. The van der Waals surface area contributed by atoms with Crippen molar-refractivity contribution >= 4 is 48.1 Å². The van der Waals surface area contributed by atoms with E-state index in [1.165, 1.54) is 32.7 Å². The van der Waals surface area contributed by atoms with Crippen molar-refractivity contribution < 1.29 is 20.8 Å². The molecule has 0 nitrogen and oxygen atoms in total. The minimum atomic E-state index is -0.826. The van der Waals surface area contributed by atoms with Gasteiger partial charge in [0.15, 0.2) is 0 Å². The van der Waals surface area contributed by atoms with Crippen LogP contribution < -0.4 is 0 Å². The van der Waals surface area contributed by atoms with E-state index >= 15 is 0 Å². The Morgan fingerprint density at radius 3 is 1.29 bits per heavy atom. The van der Waals surface area contributed by atoms with Gasteiger partial charge in [0, 0.05) is 20.3 Å². The average molecular weight is 639 g/mol. The van der Waals surface area contributed by atoms with Crippen molar-refractivity contribution in [3.05, 3.63) is 82.9 Å². The van der Waals surface area contributed by atoms with Crippen LogP contribution in [0, 0.1) is 48.4 Å². The molecule has 0 amide bonds. The van der Waals surface area contributed by atoms with Gasteiger partial charge < -0.3 is 0 Å². The van der Waals surface area contributed by atoms with Gasteiger partial charge in [0.05, 0.1) is 0 Å². The number of hydrogen-bond acceptors (Lipinski definition) is 0. The summed E-state index contributed by atoms with van der Waals surface area (Å²) in [6.07, 6.45) is 0. The molecule has 4 heteroatoms. The molecule has 0 spiro atoms. The van der Waals surface area contributed by atoms with Gasteiger partial charge in [-0.2, -0.15) is 12.1 Å². The zero-order valence-corrected chi connectivity index (χ0v) is 29.5. The summed E-state index contributed by atoms with van der Waals surface area (Å²) in [5.74, 6) is 13.2. The first kappa shape index (κ1) is 34.5. The summed E-state index contributed by atoms with van der Waals surface area (Å²) in [4.78, 5) is 0. The van der Waals surface area contributed by atoms with E-state index in [4.69, 9.17) is 17.0 Å². The Morgan fingerprint density at radius 2 is 1.00 bits per heavy atom. The van der Waals surface area contributed by atoms with Crippen molar-refractivity contribution in [3.8, 4) is 23.7 Å². The summed E-state index contributed by atoms with van der Waals surface area (Å²) >= 11 is -0.826. The fourth-order valence-corrected chi connectivity index (χ4v) is 3.50. The Labute approximate surface area is 253 Å². The summed E-state index contributed by atoms with van der Waals surface area (Å²) in [5, 5.41) is 5.13. The molecule has 4 aromatic rings. The van der Waals surface area contributed by atoms with Crippen molar-refractivity contribution in [3.63, 3.8) is 0 Å². The van der Waals surface area contributed by atoms with Crippen molar-refractivity contribution in [2.45, 2.75) is 68.5 Å². The number of halogens is 2. The Bertz CT molecular complexity index is 1290. The van der Waals surface area contributed by atoms with Crippen LogP contribution in [0.15, 0.2) is 60.7 Å². The third kappa shape index (κ3) is 13.0. The summed E-state index contributed by atoms with van der Waals surface area (Å²) in [6.45, 7) is 21.4. The van der Waals surface area contributed by atoms with Crippen molar-refractivity contribution in [2.75, 3.05) is 0 Å². The van der Waals surface area contributed by atoms with E-state index in [1.807, 2.05) is 0 Å². The topological polar surface area (TPSA) is 0 Å². The van der Waals surface area contributed by atoms with Crippen LogP contribution in [-0.4, -0.2) is 9.52 Å². The van der Waals surface area contributed by atoms with Gasteiger partial charge in [-0.15, -0.1) is 69.1 Å². The number of benzene rings is 2. The normalized spacial score (nSPS) is 10.2. The maximum atomic E-state index is 4.93. The number of fused-ring (bicyclic) bond motifs is 2. The molecule has 0 atom stereocenters. The van der Waals surface area contributed by atoms with Crippen LogP contribution in [0.4, 0.5) is 0 Å². The van der Waals surface area contributed by atoms with Gasteiger partial charge in [-0.25, -0.2) is 0 Å². The third-order valence-electron chi connectivity index (χ3n) is 4.93. The van der Waals surface area contributed by atoms with Crippen molar-refractivity contribution in [1.29, 1.82) is 0 Å². The van der Waals surface area contributed by atoms with E-state index in [1.54, 1.807) is 0 Å². The summed E-state index contributed by atoms with van der Waals surface area (Å²) in [5.41, 5.74) is 5.01. The van der Waals surface area contributed by atoms with E-state index in [0.29, 0.717) is 0 Å². The molecule has 4 rings (SSSR count). The monoisotopic (exact) mass is 636 g/mol. The second-order valence-electron chi connectivity index (χ2n) is 11.3. The Balaban J connectivity index is 0.000000315. The molecule has 0 heterocycles. The van der Waals surface area contributed by atoms with Gasteiger partial charge in [0.1, 0.15) is 0 Å². The zero-order chi connectivity index (χ0) is 28.9. The molecular formula is C34H40Cl2SiZr. The van der Waals surface area contributed by atoms with Crippen molar-refractivity contribution in [2.24, 2.45) is 10.8 Å². The quantitative estimate of drug-likeness (QED) is 0.102. The molecule has 0 unspecified atom stereocenters. The van der Waals surface area contributed by atoms with Gasteiger partial charge in [-0.1, -0.05) is 62.8 Å². The van der Waals surface area contributed by atoms with Crippen LogP contribution >= 0.6 is 17.0 Å². The van der Waals surface area contributed by atoms with E-state index in [2.05, 4.69) is 153 Å². The first-order chi connectivity index (χ1) is 17.7. The second kappa shape index (κ2) is 16.5. The molecule has 0 aliphatic carbocycles. The van der Waals surface area contributed by atoms with Crippen molar-refractivity contribution in [1.82, 2.24) is 0 Å². The molecular weight excluding hydrogens is 599 g/mol. The summed E-state index contributed by atoms with van der Waals surface area (Å²) < 4.78 is 0. The van der Waals surface area contributed by atoms with Crippen LogP contribution in [0.1, 0.15) is 63.8 Å². The van der Waals surface area contributed by atoms with E-state index in [-0.39, 0.29) is 10.8 Å². The van der Waals surface area contributed by atoms with E-state index < -0.39 is 20.8 Å². The average Bonchev–Trinajstić information content (AvgIpc) is 3.38. The molecule has 0 N–H and O–H groups in total. The zero-order valence-electron chi connectivity index (χ0n) is 24.5. The van der Waals surface area contributed by atoms with E-state index in [9.17, 15) is 0 Å². The van der Waals surface area contributed by atoms with Crippen LogP contribution in [-0.2, 0) is 20.8 Å². The van der Waals surface area contributed by atoms with E-state index in [0.717, 1.165) is 20.6 Å². The summed E-state index contributed by atoms with van der Waals surface area (Å²) in [7, 11) is 11.0. The third-order valence-corrected chi connectivity index (χ3v) is 4.93.